The highest BCUT2D eigenvalue weighted by Crippen LogP contribution is 2.32. The maximum Gasteiger partial charge on any atom is 0.341 e. The van der Waals surface area contributed by atoms with E-state index >= 15 is 0 Å². The Balaban J connectivity index is 2.01. The Hall–Kier alpha value is -0.970. The molecule has 1 heterocycles. The Morgan fingerprint density at radius 3 is 2.94 bits per heavy atom. The van der Waals surface area contributed by atoms with E-state index in [1.54, 1.807) is 10.9 Å². The molecule has 0 saturated heterocycles. The lowest BCUT2D eigenvalue weighted by Crippen LogP contribution is -2.09. The van der Waals surface area contributed by atoms with Crippen LogP contribution in [0.5, 0.6) is 0 Å². The molecule has 1 fully saturated rings. The van der Waals surface area contributed by atoms with E-state index < -0.39 is 0 Å². The highest BCUT2D eigenvalue weighted by Gasteiger charge is 2.20. The lowest BCUT2D eigenvalue weighted by Gasteiger charge is -2.10. The van der Waals surface area contributed by atoms with E-state index in [0.717, 1.165) is 16.7 Å². The molecule has 1 aliphatic rings. The van der Waals surface area contributed by atoms with Crippen molar-refractivity contribution < 1.29 is 9.53 Å². The molecule has 1 aliphatic carbocycles. The number of ether oxygens (including phenoxy) is 1. The van der Waals surface area contributed by atoms with Crippen molar-refractivity contribution in [2.24, 2.45) is 7.05 Å². The van der Waals surface area contributed by atoms with Gasteiger partial charge in [0.25, 0.3) is 0 Å². The molecule has 0 spiro atoms. The number of thioether (sulfide) groups is 1. The molecule has 0 radical (unpaired) electrons. The molecule has 100 valence electrons. The summed E-state index contributed by atoms with van der Waals surface area (Å²) >= 11 is 1.94. The van der Waals surface area contributed by atoms with Crippen LogP contribution in [0.3, 0.4) is 0 Å². The normalized spacial score (nSPS) is 16.1. The van der Waals surface area contributed by atoms with Crippen molar-refractivity contribution in [1.82, 2.24) is 9.78 Å². The minimum Gasteiger partial charge on any atom is -0.462 e. The number of carbonyl (C=O) groups excluding carboxylic acids is 1. The second kappa shape index (κ2) is 6.27. The van der Waals surface area contributed by atoms with Crippen LogP contribution < -0.4 is 0 Å². The topological polar surface area (TPSA) is 44.1 Å². The number of hydrogen-bond donors (Lipinski definition) is 0. The van der Waals surface area contributed by atoms with Crippen LogP contribution in [-0.2, 0) is 17.5 Å². The zero-order valence-corrected chi connectivity index (χ0v) is 11.8. The van der Waals surface area contributed by atoms with Crippen LogP contribution in [-0.4, -0.2) is 27.6 Å². The summed E-state index contributed by atoms with van der Waals surface area (Å²) < 4.78 is 6.84. The molecular formula is C13H20N2O2S. The molecule has 18 heavy (non-hydrogen) atoms. The average molecular weight is 268 g/mol. The fourth-order valence-corrected chi connectivity index (χ4v) is 3.67. The Bertz CT molecular complexity index is 411. The number of rotatable bonds is 5. The molecule has 5 heteroatoms. The van der Waals surface area contributed by atoms with Crippen LogP contribution >= 0.6 is 11.8 Å². The summed E-state index contributed by atoms with van der Waals surface area (Å²) in [4.78, 5) is 11.8. The van der Waals surface area contributed by atoms with Crippen LogP contribution in [0.15, 0.2) is 6.20 Å². The van der Waals surface area contributed by atoms with E-state index in [1.165, 1.54) is 25.7 Å². The summed E-state index contributed by atoms with van der Waals surface area (Å²) in [7, 11) is 1.88. The Kier molecular flexibility index (Phi) is 4.69. The predicted molar refractivity (Wildman–Crippen MR) is 72.7 cm³/mol. The molecule has 0 unspecified atom stereocenters. The van der Waals surface area contributed by atoms with Gasteiger partial charge in [0.2, 0.25) is 0 Å². The molecule has 1 saturated carbocycles. The third-order valence-corrected chi connectivity index (χ3v) is 4.70. The van der Waals surface area contributed by atoms with Crippen LogP contribution in [0.2, 0.25) is 0 Å². The molecule has 0 aromatic carbocycles. The van der Waals surface area contributed by atoms with Crippen LogP contribution in [0, 0.1) is 0 Å². The van der Waals surface area contributed by atoms with Gasteiger partial charge in [-0.05, 0) is 19.8 Å². The Labute approximate surface area is 112 Å². The molecule has 1 aromatic heterocycles. The number of esters is 1. The monoisotopic (exact) mass is 268 g/mol. The van der Waals surface area contributed by atoms with E-state index in [9.17, 15) is 4.79 Å². The van der Waals surface area contributed by atoms with E-state index in [4.69, 9.17) is 4.74 Å². The van der Waals surface area contributed by atoms with Crippen molar-refractivity contribution in [2.75, 3.05) is 6.61 Å². The molecule has 2 rings (SSSR count). The highest BCUT2D eigenvalue weighted by atomic mass is 32.2. The maximum atomic E-state index is 11.8. The number of nitrogens with zero attached hydrogens (tertiary/aromatic N) is 2. The van der Waals surface area contributed by atoms with Gasteiger partial charge in [-0.25, -0.2) is 4.79 Å². The number of aryl methyl sites for hydroxylation is 1. The van der Waals surface area contributed by atoms with Gasteiger partial charge in [0.15, 0.2) is 0 Å². The van der Waals surface area contributed by atoms with Crippen molar-refractivity contribution in [3.63, 3.8) is 0 Å². The fourth-order valence-electron chi connectivity index (χ4n) is 2.27. The van der Waals surface area contributed by atoms with E-state index in [1.807, 2.05) is 25.7 Å². The van der Waals surface area contributed by atoms with E-state index in [0.29, 0.717) is 12.2 Å². The third-order valence-electron chi connectivity index (χ3n) is 3.31. The summed E-state index contributed by atoms with van der Waals surface area (Å²) in [5.74, 6) is 0.586. The molecule has 1 aromatic rings. The molecule has 0 atom stereocenters. The van der Waals surface area contributed by atoms with Gasteiger partial charge in [0.1, 0.15) is 5.56 Å². The van der Waals surface area contributed by atoms with Gasteiger partial charge in [-0.3, -0.25) is 4.68 Å². The summed E-state index contributed by atoms with van der Waals surface area (Å²) in [6.45, 7) is 2.23. The Morgan fingerprint density at radius 1 is 1.56 bits per heavy atom. The number of carbonyl (C=O) groups is 1. The summed E-state index contributed by atoms with van der Waals surface area (Å²) in [6, 6.07) is 0. The predicted octanol–water partition coefficient (Wildman–Crippen LogP) is 2.77. The first-order valence-corrected chi connectivity index (χ1v) is 7.56. The number of hydrogen-bond acceptors (Lipinski definition) is 4. The van der Waals surface area contributed by atoms with Crippen molar-refractivity contribution in [3.8, 4) is 0 Å². The summed E-state index contributed by atoms with van der Waals surface area (Å²) in [5.41, 5.74) is 1.59. The van der Waals surface area contributed by atoms with Gasteiger partial charge in [-0.1, -0.05) is 12.8 Å². The zero-order valence-electron chi connectivity index (χ0n) is 11.0. The van der Waals surface area contributed by atoms with Gasteiger partial charge in [-0.15, -0.1) is 0 Å². The quantitative estimate of drug-likeness (QED) is 0.770. The van der Waals surface area contributed by atoms with Gasteiger partial charge in [0, 0.05) is 18.1 Å². The molecule has 0 N–H and O–H groups in total. The van der Waals surface area contributed by atoms with Crippen LogP contribution in [0.25, 0.3) is 0 Å². The molecule has 4 nitrogen and oxygen atoms in total. The van der Waals surface area contributed by atoms with Gasteiger partial charge in [0.05, 0.1) is 18.5 Å². The third kappa shape index (κ3) is 3.07. The zero-order chi connectivity index (χ0) is 13.0. The smallest absolute Gasteiger partial charge is 0.341 e. The van der Waals surface area contributed by atoms with Crippen LogP contribution in [0.4, 0.5) is 0 Å². The molecule has 0 amide bonds. The SMILES string of the molecule is CCOC(=O)c1cnn(C)c1CSC1CCCC1. The summed E-state index contributed by atoms with van der Waals surface area (Å²) in [5, 5.41) is 4.91. The lowest BCUT2D eigenvalue weighted by atomic mass is 10.3. The molecule has 0 aliphatic heterocycles. The molecule has 0 bridgehead atoms. The van der Waals surface area contributed by atoms with Gasteiger partial charge in [-0.2, -0.15) is 16.9 Å². The van der Waals surface area contributed by atoms with E-state index in [2.05, 4.69) is 5.10 Å². The molecular weight excluding hydrogens is 248 g/mol. The fraction of sp³-hybridized carbons (Fsp3) is 0.692. The standard InChI is InChI=1S/C13H20N2O2S/c1-3-17-13(16)11-8-14-15(2)12(11)9-18-10-6-4-5-7-10/h8,10H,3-7,9H2,1-2H3. The second-order valence-corrected chi connectivity index (χ2v) is 5.86. The van der Waals surface area contributed by atoms with Crippen LogP contribution in [0.1, 0.15) is 48.7 Å². The minimum absolute atomic E-state index is 0.257. The Morgan fingerprint density at radius 2 is 2.28 bits per heavy atom. The van der Waals surface area contributed by atoms with Crippen molar-refractivity contribution in [1.29, 1.82) is 0 Å². The number of aromatic nitrogens is 2. The largest absolute Gasteiger partial charge is 0.462 e. The van der Waals surface area contributed by atoms with Crippen molar-refractivity contribution >= 4 is 17.7 Å². The van der Waals surface area contributed by atoms with E-state index in [-0.39, 0.29) is 5.97 Å². The highest BCUT2D eigenvalue weighted by molar-refractivity contribution is 7.99. The lowest BCUT2D eigenvalue weighted by molar-refractivity contribution is 0.0525. The minimum atomic E-state index is -0.257. The first-order valence-electron chi connectivity index (χ1n) is 6.52. The second-order valence-electron chi connectivity index (χ2n) is 4.57. The van der Waals surface area contributed by atoms with Crippen molar-refractivity contribution in [3.05, 3.63) is 17.5 Å². The first kappa shape index (κ1) is 13.5. The first-order chi connectivity index (χ1) is 8.72. The van der Waals surface area contributed by atoms with Gasteiger partial charge >= 0.3 is 5.97 Å². The van der Waals surface area contributed by atoms with Crippen molar-refractivity contribution in [2.45, 2.75) is 43.6 Å². The maximum absolute atomic E-state index is 11.8. The summed E-state index contributed by atoms with van der Waals surface area (Å²) in [6.07, 6.45) is 6.90. The average Bonchev–Trinajstić information content (AvgIpc) is 2.96. The van der Waals surface area contributed by atoms with Gasteiger partial charge < -0.3 is 4.74 Å².